The molecular formula is C12H13BrClN3. The Kier molecular flexibility index (Phi) is 4.18. The van der Waals surface area contributed by atoms with Crippen LogP contribution in [0.4, 0.5) is 0 Å². The normalized spacial score (nSPS) is 10.8. The van der Waals surface area contributed by atoms with Crippen molar-refractivity contribution in [2.45, 2.75) is 25.2 Å². The summed E-state index contributed by atoms with van der Waals surface area (Å²) in [7, 11) is 0. The lowest BCUT2D eigenvalue weighted by Crippen LogP contribution is -2.04. The molecule has 5 heteroatoms. The molecule has 0 atom stereocenters. The van der Waals surface area contributed by atoms with Gasteiger partial charge in [0.2, 0.25) is 0 Å². The standard InChI is InChI=1S/C12H13BrClN3/c1-2-7-17-11(8-13)15-16-12(17)9-5-3-4-6-10(9)14/h3-6H,2,7-8H2,1H3. The van der Waals surface area contributed by atoms with Crippen LogP contribution in [0.25, 0.3) is 11.4 Å². The number of nitrogens with zero attached hydrogens (tertiary/aromatic N) is 3. The number of alkyl halides is 1. The third-order valence-electron chi connectivity index (χ3n) is 2.51. The van der Waals surface area contributed by atoms with Gasteiger partial charge in [-0.05, 0) is 18.6 Å². The van der Waals surface area contributed by atoms with Gasteiger partial charge in [-0.3, -0.25) is 0 Å². The van der Waals surface area contributed by atoms with Gasteiger partial charge in [0.25, 0.3) is 0 Å². The minimum Gasteiger partial charge on any atom is -0.310 e. The summed E-state index contributed by atoms with van der Waals surface area (Å²) in [5.74, 6) is 1.77. The van der Waals surface area contributed by atoms with Crippen molar-refractivity contribution in [1.82, 2.24) is 14.8 Å². The molecule has 1 heterocycles. The molecule has 0 aliphatic rings. The first-order valence-corrected chi connectivity index (χ1v) is 7.00. The fraction of sp³-hybridized carbons (Fsp3) is 0.333. The van der Waals surface area contributed by atoms with Gasteiger partial charge in [0.15, 0.2) is 5.82 Å². The summed E-state index contributed by atoms with van der Waals surface area (Å²) in [6.07, 6.45) is 1.04. The molecule has 1 aromatic carbocycles. The van der Waals surface area contributed by atoms with Crippen LogP contribution >= 0.6 is 27.5 Å². The van der Waals surface area contributed by atoms with Gasteiger partial charge in [0.1, 0.15) is 5.82 Å². The fourth-order valence-corrected chi connectivity index (χ4v) is 2.37. The van der Waals surface area contributed by atoms with Crippen LogP contribution in [-0.4, -0.2) is 14.8 Å². The van der Waals surface area contributed by atoms with E-state index in [0.29, 0.717) is 10.4 Å². The van der Waals surface area contributed by atoms with Crippen LogP contribution in [0.15, 0.2) is 24.3 Å². The number of halogens is 2. The number of benzene rings is 1. The van der Waals surface area contributed by atoms with Gasteiger partial charge in [-0.25, -0.2) is 0 Å². The minimum absolute atomic E-state index is 0.699. The summed E-state index contributed by atoms with van der Waals surface area (Å²) >= 11 is 9.62. The molecule has 0 aliphatic heterocycles. The predicted molar refractivity (Wildman–Crippen MR) is 73.4 cm³/mol. The second-order valence-electron chi connectivity index (χ2n) is 3.70. The molecule has 17 heavy (non-hydrogen) atoms. The second-order valence-corrected chi connectivity index (χ2v) is 4.67. The quantitative estimate of drug-likeness (QED) is 0.801. The maximum absolute atomic E-state index is 6.19. The largest absolute Gasteiger partial charge is 0.310 e. The van der Waals surface area contributed by atoms with Crippen LogP contribution in [0.1, 0.15) is 19.2 Å². The molecule has 0 spiro atoms. The summed E-state index contributed by atoms with van der Waals surface area (Å²) in [5, 5.41) is 9.82. The summed E-state index contributed by atoms with van der Waals surface area (Å²) in [5.41, 5.74) is 0.933. The van der Waals surface area contributed by atoms with E-state index < -0.39 is 0 Å². The Morgan fingerprint density at radius 3 is 2.71 bits per heavy atom. The topological polar surface area (TPSA) is 30.7 Å². The monoisotopic (exact) mass is 313 g/mol. The van der Waals surface area contributed by atoms with Crippen LogP contribution in [-0.2, 0) is 11.9 Å². The molecule has 2 rings (SSSR count). The molecule has 1 aromatic heterocycles. The Balaban J connectivity index is 2.52. The van der Waals surface area contributed by atoms with Crippen molar-refractivity contribution in [1.29, 1.82) is 0 Å². The number of rotatable bonds is 4. The highest BCUT2D eigenvalue weighted by Gasteiger charge is 2.14. The number of hydrogen-bond donors (Lipinski definition) is 0. The molecule has 90 valence electrons. The van der Waals surface area contributed by atoms with Crippen molar-refractivity contribution in [3.63, 3.8) is 0 Å². The first-order chi connectivity index (χ1) is 8.27. The molecule has 0 bridgehead atoms. The van der Waals surface area contributed by atoms with Gasteiger partial charge in [-0.15, -0.1) is 10.2 Å². The third-order valence-corrected chi connectivity index (χ3v) is 3.34. The van der Waals surface area contributed by atoms with Crippen LogP contribution in [0.3, 0.4) is 0 Å². The third kappa shape index (κ3) is 2.53. The maximum atomic E-state index is 6.19. The lowest BCUT2D eigenvalue weighted by atomic mass is 10.2. The maximum Gasteiger partial charge on any atom is 0.165 e. The molecule has 0 N–H and O–H groups in total. The van der Waals surface area contributed by atoms with Crippen molar-refractivity contribution in [3.8, 4) is 11.4 Å². The van der Waals surface area contributed by atoms with E-state index in [9.17, 15) is 0 Å². The first kappa shape index (κ1) is 12.6. The highest BCUT2D eigenvalue weighted by atomic mass is 79.9. The summed E-state index contributed by atoms with van der Waals surface area (Å²) in [4.78, 5) is 0. The van der Waals surface area contributed by atoms with E-state index >= 15 is 0 Å². The SMILES string of the molecule is CCCn1c(CBr)nnc1-c1ccccc1Cl. The molecule has 0 aliphatic carbocycles. The van der Waals surface area contributed by atoms with Crippen LogP contribution < -0.4 is 0 Å². The first-order valence-electron chi connectivity index (χ1n) is 5.50. The van der Waals surface area contributed by atoms with Crippen molar-refractivity contribution >= 4 is 27.5 Å². The smallest absolute Gasteiger partial charge is 0.165 e. The van der Waals surface area contributed by atoms with Gasteiger partial charge in [0.05, 0.1) is 10.4 Å². The van der Waals surface area contributed by atoms with E-state index in [1.54, 1.807) is 0 Å². The van der Waals surface area contributed by atoms with Crippen molar-refractivity contribution in [2.75, 3.05) is 0 Å². The molecular weight excluding hydrogens is 302 g/mol. The Morgan fingerprint density at radius 2 is 2.06 bits per heavy atom. The molecule has 0 saturated carbocycles. The lowest BCUT2D eigenvalue weighted by molar-refractivity contribution is 0.661. The Hall–Kier alpha value is -0.870. The Labute approximate surface area is 114 Å². The zero-order chi connectivity index (χ0) is 12.3. The van der Waals surface area contributed by atoms with Gasteiger partial charge in [-0.2, -0.15) is 0 Å². The van der Waals surface area contributed by atoms with E-state index in [2.05, 4.69) is 37.6 Å². The molecule has 0 radical (unpaired) electrons. The van der Waals surface area contributed by atoms with Gasteiger partial charge in [-0.1, -0.05) is 46.6 Å². The van der Waals surface area contributed by atoms with Gasteiger partial charge in [0, 0.05) is 12.1 Å². The van der Waals surface area contributed by atoms with Crippen LogP contribution in [0.5, 0.6) is 0 Å². The summed E-state index contributed by atoms with van der Waals surface area (Å²) in [6, 6.07) is 7.71. The van der Waals surface area contributed by atoms with E-state index in [1.807, 2.05) is 24.3 Å². The van der Waals surface area contributed by atoms with E-state index in [1.165, 1.54) is 0 Å². The van der Waals surface area contributed by atoms with E-state index in [-0.39, 0.29) is 0 Å². The zero-order valence-corrected chi connectivity index (χ0v) is 11.9. The van der Waals surface area contributed by atoms with Crippen LogP contribution in [0, 0.1) is 0 Å². The molecule has 0 amide bonds. The zero-order valence-electron chi connectivity index (χ0n) is 9.53. The lowest BCUT2D eigenvalue weighted by Gasteiger charge is -2.08. The molecule has 0 saturated heterocycles. The van der Waals surface area contributed by atoms with Gasteiger partial charge >= 0.3 is 0 Å². The molecule has 3 nitrogen and oxygen atoms in total. The van der Waals surface area contributed by atoms with E-state index in [4.69, 9.17) is 11.6 Å². The summed E-state index contributed by atoms with van der Waals surface area (Å²) in [6.45, 7) is 3.03. The fourth-order valence-electron chi connectivity index (χ4n) is 1.73. The van der Waals surface area contributed by atoms with E-state index in [0.717, 1.165) is 30.2 Å². The van der Waals surface area contributed by atoms with Gasteiger partial charge < -0.3 is 4.57 Å². The minimum atomic E-state index is 0.699. The van der Waals surface area contributed by atoms with Crippen molar-refractivity contribution in [3.05, 3.63) is 35.1 Å². The van der Waals surface area contributed by atoms with Crippen LogP contribution in [0.2, 0.25) is 5.02 Å². The molecule has 0 fully saturated rings. The predicted octanol–water partition coefficient (Wildman–Crippen LogP) is 3.90. The number of hydrogen-bond acceptors (Lipinski definition) is 2. The Morgan fingerprint density at radius 1 is 1.29 bits per heavy atom. The highest BCUT2D eigenvalue weighted by molar-refractivity contribution is 9.08. The Bertz CT molecular complexity index is 510. The average molecular weight is 315 g/mol. The average Bonchev–Trinajstić information content (AvgIpc) is 2.73. The molecule has 0 unspecified atom stereocenters. The summed E-state index contributed by atoms with van der Waals surface area (Å²) < 4.78 is 2.11. The number of aromatic nitrogens is 3. The molecule has 2 aromatic rings. The second kappa shape index (κ2) is 5.65. The highest BCUT2D eigenvalue weighted by Crippen LogP contribution is 2.27. The van der Waals surface area contributed by atoms with Crippen molar-refractivity contribution < 1.29 is 0 Å². The van der Waals surface area contributed by atoms with Crippen molar-refractivity contribution in [2.24, 2.45) is 0 Å².